The van der Waals surface area contributed by atoms with E-state index in [0.717, 1.165) is 5.92 Å². The smallest absolute Gasteiger partial charge is 0.0386 e. The lowest BCUT2D eigenvalue weighted by Gasteiger charge is -2.23. The SMILES string of the molecule is CCc1ccc(C(C)NCC2CCCCC2)s1. The highest BCUT2D eigenvalue weighted by Gasteiger charge is 2.15. The fourth-order valence-electron chi connectivity index (χ4n) is 2.65. The first-order valence-corrected chi connectivity index (χ1v) is 7.93. The molecule has 0 amide bonds. The highest BCUT2D eigenvalue weighted by Crippen LogP contribution is 2.26. The van der Waals surface area contributed by atoms with Gasteiger partial charge in [0, 0.05) is 15.8 Å². The number of thiophene rings is 1. The second kappa shape index (κ2) is 6.55. The molecule has 0 aromatic carbocycles. The van der Waals surface area contributed by atoms with E-state index in [4.69, 9.17) is 0 Å². The normalized spacial score (nSPS) is 19.4. The molecule has 17 heavy (non-hydrogen) atoms. The van der Waals surface area contributed by atoms with Gasteiger partial charge in [0.25, 0.3) is 0 Å². The minimum absolute atomic E-state index is 0.530. The molecule has 1 saturated carbocycles. The number of hydrogen-bond acceptors (Lipinski definition) is 2. The van der Waals surface area contributed by atoms with Gasteiger partial charge in [-0.05, 0) is 50.8 Å². The van der Waals surface area contributed by atoms with Gasteiger partial charge in [-0.15, -0.1) is 11.3 Å². The molecule has 1 aromatic heterocycles. The number of aryl methyl sites for hydroxylation is 1. The first kappa shape index (κ1) is 13.1. The van der Waals surface area contributed by atoms with Crippen molar-refractivity contribution >= 4 is 11.3 Å². The molecule has 1 atom stereocenters. The summed E-state index contributed by atoms with van der Waals surface area (Å²) in [5.74, 6) is 0.928. The van der Waals surface area contributed by atoms with Crippen molar-refractivity contribution in [1.82, 2.24) is 5.32 Å². The van der Waals surface area contributed by atoms with Crippen LogP contribution in [0.25, 0.3) is 0 Å². The summed E-state index contributed by atoms with van der Waals surface area (Å²) in [4.78, 5) is 3.00. The van der Waals surface area contributed by atoms with Crippen LogP contribution in [0.3, 0.4) is 0 Å². The van der Waals surface area contributed by atoms with Crippen LogP contribution >= 0.6 is 11.3 Å². The topological polar surface area (TPSA) is 12.0 Å². The van der Waals surface area contributed by atoms with Gasteiger partial charge in [0.05, 0.1) is 0 Å². The van der Waals surface area contributed by atoms with E-state index in [0.29, 0.717) is 6.04 Å². The lowest BCUT2D eigenvalue weighted by Crippen LogP contribution is -2.26. The van der Waals surface area contributed by atoms with Crippen molar-refractivity contribution in [2.45, 2.75) is 58.4 Å². The van der Waals surface area contributed by atoms with Crippen LogP contribution in [0.2, 0.25) is 0 Å². The Bertz CT molecular complexity index is 325. The van der Waals surface area contributed by atoms with E-state index in [-0.39, 0.29) is 0 Å². The third kappa shape index (κ3) is 3.82. The molecule has 1 aliphatic rings. The lowest BCUT2D eigenvalue weighted by molar-refractivity contribution is 0.332. The van der Waals surface area contributed by atoms with Crippen LogP contribution in [0, 0.1) is 5.92 Å². The number of hydrogen-bond donors (Lipinski definition) is 1. The maximum atomic E-state index is 3.72. The quantitative estimate of drug-likeness (QED) is 0.810. The first-order valence-electron chi connectivity index (χ1n) is 7.11. The largest absolute Gasteiger partial charge is 0.309 e. The Hall–Kier alpha value is -0.340. The lowest BCUT2D eigenvalue weighted by atomic mass is 9.89. The Kier molecular flexibility index (Phi) is 5.05. The van der Waals surface area contributed by atoms with E-state index in [1.165, 1.54) is 54.8 Å². The standard InChI is InChI=1S/C15H25NS/c1-3-14-9-10-15(17-14)12(2)16-11-13-7-5-4-6-8-13/h9-10,12-13,16H,3-8,11H2,1-2H3. The Morgan fingerprint density at radius 3 is 2.71 bits per heavy atom. The van der Waals surface area contributed by atoms with Crippen molar-refractivity contribution in [3.8, 4) is 0 Å². The third-order valence-corrected chi connectivity index (χ3v) is 5.31. The second-order valence-corrected chi connectivity index (χ2v) is 6.49. The predicted molar refractivity (Wildman–Crippen MR) is 76.7 cm³/mol. The zero-order valence-electron chi connectivity index (χ0n) is 11.2. The van der Waals surface area contributed by atoms with Crippen molar-refractivity contribution in [3.63, 3.8) is 0 Å². The molecule has 1 fully saturated rings. The zero-order valence-corrected chi connectivity index (χ0v) is 12.0. The van der Waals surface area contributed by atoms with E-state index in [1.54, 1.807) is 0 Å². The van der Waals surface area contributed by atoms with E-state index >= 15 is 0 Å². The molecule has 2 rings (SSSR count). The molecule has 0 bridgehead atoms. The van der Waals surface area contributed by atoms with Crippen LogP contribution in [0.4, 0.5) is 0 Å². The predicted octanol–water partition coefficient (Wildman–Crippen LogP) is 4.54. The van der Waals surface area contributed by atoms with Gasteiger partial charge in [-0.2, -0.15) is 0 Å². The summed E-state index contributed by atoms with van der Waals surface area (Å²) in [5, 5.41) is 3.72. The summed E-state index contributed by atoms with van der Waals surface area (Å²) < 4.78 is 0. The monoisotopic (exact) mass is 251 g/mol. The van der Waals surface area contributed by atoms with Crippen LogP contribution in [0.1, 0.15) is 61.7 Å². The Balaban J connectivity index is 1.77. The molecule has 0 radical (unpaired) electrons. The van der Waals surface area contributed by atoms with Crippen LogP contribution in [-0.4, -0.2) is 6.54 Å². The number of rotatable bonds is 5. The maximum Gasteiger partial charge on any atom is 0.0386 e. The molecular weight excluding hydrogens is 226 g/mol. The highest BCUT2D eigenvalue weighted by molar-refractivity contribution is 7.12. The third-order valence-electron chi connectivity index (χ3n) is 3.90. The minimum atomic E-state index is 0.530. The summed E-state index contributed by atoms with van der Waals surface area (Å²) >= 11 is 1.97. The molecule has 1 heterocycles. The van der Waals surface area contributed by atoms with Crippen LogP contribution < -0.4 is 5.32 Å². The van der Waals surface area contributed by atoms with Gasteiger partial charge in [0.2, 0.25) is 0 Å². The van der Waals surface area contributed by atoms with Gasteiger partial charge in [-0.3, -0.25) is 0 Å². The van der Waals surface area contributed by atoms with Gasteiger partial charge in [-0.25, -0.2) is 0 Å². The van der Waals surface area contributed by atoms with Crippen molar-refractivity contribution in [1.29, 1.82) is 0 Å². The number of nitrogens with one attached hydrogen (secondary N) is 1. The fourth-order valence-corrected chi connectivity index (χ4v) is 3.63. The Morgan fingerprint density at radius 2 is 2.06 bits per heavy atom. The van der Waals surface area contributed by atoms with Crippen LogP contribution in [-0.2, 0) is 6.42 Å². The molecule has 0 spiro atoms. The van der Waals surface area contributed by atoms with Crippen molar-refractivity contribution in [2.75, 3.05) is 6.54 Å². The minimum Gasteiger partial charge on any atom is -0.309 e. The molecule has 1 aromatic rings. The Labute approximate surface area is 110 Å². The highest BCUT2D eigenvalue weighted by atomic mass is 32.1. The molecule has 0 aliphatic heterocycles. The average Bonchev–Trinajstić information content (AvgIpc) is 2.86. The molecule has 1 N–H and O–H groups in total. The van der Waals surface area contributed by atoms with Crippen LogP contribution in [0.5, 0.6) is 0 Å². The van der Waals surface area contributed by atoms with Gasteiger partial charge < -0.3 is 5.32 Å². The average molecular weight is 251 g/mol. The van der Waals surface area contributed by atoms with E-state index in [2.05, 4.69) is 31.3 Å². The molecule has 1 unspecified atom stereocenters. The Morgan fingerprint density at radius 1 is 1.29 bits per heavy atom. The molecule has 96 valence electrons. The van der Waals surface area contributed by atoms with Gasteiger partial charge in [0.15, 0.2) is 0 Å². The van der Waals surface area contributed by atoms with Crippen molar-refractivity contribution in [2.24, 2.45) is 5.92 Å². The van der Waals surface area contributed by atoms with Gasteiger partial charge >= 0.3 is 0 Å². The van der Waals surface area contributed by atoms with E-state index in [1.807, 2.05) is 11.3 Å². The van der Waals surface area contributed by atoms with E-state index < -0.39 is 0 Å². The van der Waals surface area contributed by atoms with Crippen molar-refractivity contribution in [3.05, 3.63) is 21.9 Å². The maximum absolute atomic E-state index is 3.72. The molecule has 1 aliphatic carbocycles. The van der Waals surface area contributed by atoms with Crippen molar-refractivity contribution < 1.29 is 0 Å². The van der Waals surface area contributed by atoms with Crippen LogP contribution in [0.15, 0.2) is 12.1 Å². The van der Waals surface area contributed by atoms with E-state index in [9.17, 15) is 0 Å². The summed E-state index contributed by atoms with van der Waals surface area (Å²) in [7, 11) is 0. The molecule has 0 saturated heterocycles. The molecule has 2 heteroatoms. The summed E-state index contributed by atoms with van der Waals surface area (Å²) in [6.45, 7) is 5.74. The summed E-state index contributed by atoms with van der Waals surface area (Å²) in [6, 6.07) is 5.10. The molecule has 1 nitrogen and oxygen atoms in total. The molecular formula is C15H25NS. The summed E-state index contributed by atoms with van der Waals surface area (Å²) in [6.07, 6.45) is 8.38. The summed E-state index contributed by atoms with van der Waals surface area (Å²) in [5.41, 5.74) is 0. The second-order valence-electron chi connectivity index (χ2n) is 5.29. The first-order chi connectivity index (χ1) is 8.29. The van der Waals surface area contributed by atoms with Gasteiger partial charge in [0.1, 0.15) is 0 Å². The fraction of sp³-hybridized carbons (Fsp3) is 0.733. The zero-order chi connectivity index (χ0) is 12.1. The van der Waals surface area contributed by atoms with Gasteiger partial charge in [-0.1, -0.05) is 26.2 Å².